The van der Waals surface area contributed by atoms with Gasteiger partial charge in [0.1, 0.15) is 11.4 Å². The van der Waals surface area contributed by atoms with Crippen molar-refractivity contribution in [2.45, 2.75) is 58.2 Å². The maximum absolute atomic E-state index is 11.1. The number of rotatable bonds is 3. The minimum absolute atomic E-state index is 0.270. The number of hydrogen-bond donors (Lipinski definition) is 2. The second kappa shape index (κ2) is 7.19. The fourth-order valence-electron chi connectivity index (χ4n) is 4.91. The van der Waals surface area contributed by atoms with Crippen LogP contribution in [0.15, 0.2) is 24.3 Å². The van der Waals surface area contributed by atoms with Crippen molar-refractivity contribution in [2.75, 3.05) is 25.4 Å². The smallest absolute Gasteiger partial charge is 0.127 e. The van der Waals surface area contributed by atoms with E-state index in [9.17, 15) is 5.11 Å². The number of ether oxygens (including phenoxy) is 1. The number of likely N-dealkylation sites (tertiary alicyclic amines) is 1. The number of piperidine rings is 1. The lowest BCUT2D eigenvalue weighted by molar-refractivity contribution is -0.0412. The molecule has 5 heteroatoms. The van der Waals surface area contributed by atoms with Crippen molar-refractivity contribution in [2.24, 2.45) is 0 Å². The predicted octanol–water partition coefficient (Wildman–Crippen LogP) is 4.52. The van der Waals surface area contributed by atoms with E-state index in [0.717, 1.165) is 59.7 Å². The summed E-state index contributed by atoms with van der Waals surface area (Å²) in [5, 5.41) is 11.8. The van der Waals surface area contributed by atoms with Crippen molar-refractivity contribution in [3.63, 3.8) is 0 Å². The zero-order chi connectivity index (χ0) is 21.0. The van der Waals surface area contributed by atoms with Crippen LogP contribution in [-0.4, -0.2) is 35.2 Å². The number of halogens is 1. The lowest BCUT2D eigenvalue weighted by Crippen LogP contribution is -2.50. The number of anilines is 1. The van der Waals surface area contributed by atoms with E-state index in [1.54, 1.807) is 0 Å². The summed E-state index contributed by atoms with van der Waals surface area (Å²) >= 11 is 6.00. The van der Waals surface area contributed by atoms with E-state index in [1.165, 1.54) is 5.56 Å². The molecule has 2 heterocycles. The minimum atomic E-state index is -0.778. The van der Waals surface area contributed by atoms with E-state index in [1.807, 2.05) is 24.3 Å². The van der Waals surface area contributed by atoms with Crippen LogP contribution in [0.2, 0.25) is 5.02 Å². The molecule has 1 unspecified atom stereocenters. The fraction of sp³-hybridized carbons (Fsp3) is 0.500. The van der Waals surface area contributed by atoms with E-state index in [0.29, 0.717) is 17.9 Å². The maximum atomic E-state index is 11.1. The second-order valence-electron chi connectivity index (χ2n) is 9.14. The zero-order valence-electron chi connectivity index (χ0n) is 17.8. The predicted molar refractivity (Wildman–Crippen MR) is 119 cm³/mol. The average molecular weight is 415 g/mol. The summed E-state index contributed by atoms with van der Waals surface area (Å²) in [6.07, 6.45) is 2.29. The van der Waals surface area contributed by atoms with Gasteiger partial charge in [0.15, 0.2) is 0 Å². The number of aliphatic hydroxyl groups is 1. The van der Waals surface area contributed by atoms with Crippen LogP contribution in [0.1, 0.15) is 47.6 Å². The standard InChI is InChI=1S/C24H31ClN2O2/c1-15-16(2)22-20(17(3)21(15)26)13-23(4,29-22)14-27-11-9-24(28,10-12-27)18-5-7-19(25)8-6-18/h5-8,28H,9-14,26H2,1-4H3. The molecule has 1 saturated heterocycles. The van der Waals surface area contributed by atoms with Crippen LogP contribution < -0.4 is 10.5 Å². The van der Waals surface area contributed by atoms with Crippen molar-refractivity contribution in [3.8, 4) is 5.75 Å². The Morgan fingerprint density at radius 3 is 2.31 bits per heavy atom. The van der Waals surface area contributed by atoms with Crippen molar-refractivity contribution in [1.82, 2.24) is 4.90 Å². The third-order valence-electron chi connectivity index (χ3n) is 6.96. The van der Waals surface area contributed by atoms with Crippen molar-refractivity contribution in [1.29, 1.82) is 0 Å². The van der Waals surface area contributed by atoms with Crippen LogP contribution in [0, 0.1) is 20.8 Å². The van der Waals surface area contributed by atoms with E-state index in [-0.39, 0.29) is 5.60 Å². The van der Waals surface area contributed by atoms with Gasteiger partial charge in [-0.05, 0) is 74.9 Å². The molecule has 0 bridgehead atoms. The number of nitrogens with zero attached hydrogens (tertiary/aromatic N) is 1. The largest absolute Gasteiger partial charge is 0.485 e. The van der Waals surface area contributed by atoms with Crippen molar-refractivity contribution in [3.05, 3.63) is 57.1 Å². The van der Waals surface area contributed by atoms with Gasteiger partial charge in [0.05, 0.1) is 5.60 Å². The van der Waals surface area contributed by atoms with Crippen LogP contribution in [0.5, 0.6) is 5.75 Å². The molecule has 0 radical (unpaired) electrons. The molecule has 29 heavy (non-hydrogen) atoms. The highest BCUT2D eigenvalue weighted by Gasteiger charge is 2.41. The first-order valence-electron chi connectivity index (χ1n) is 10.4. The number of nitrogens with two attached hydrogens (primary N) is 1. The minimum Gasteiger partial charge on any atom is -0.485 e. The van der Waals surface area contributed by atoms with Crippen LogP contribution in [-0.2, 0) is 12.0 Å². The lowest BCUT2D eigenvalue weighted by Gasteiger charge is -2.41. The number of benzene rings is 2. The van der Waals surface area contributed by atoms with Crippen LogP contribution in [0.25, 0.3) is 0 Å². The molecule has 1 fully saturated rings. The van der Waals surface area contributed by atoms with Gasteiger partial charge in [-0.1, -0.05) is 23.7 Å². The van der Waals surface area contributed by atoms with E-state index in [2.05, 4.69) is 32.6 Å². The lowest BCUT2D eigenvalue weighted by atomic mass is 9.84. The summed E-state index contributed by atoms with van der Waals surface area (Å²) in [4.78, 5) is 2.41. The first-order chi connectivity index (χ1) is 13.6. The van der Waals surface area contributed by atoms with Crippen molar-refractivity contribution >= 4 is 17.3 Å². The highest BCUT2D eigenvalue weighted by atomic mass is 35.5. The molecule has 4 nitrogen and oxygen atoms in total. The molecule has 2 aliphatic rings. The molecule has 0 saturated carbocycles. The Morgan fingerprint density at radius 2 is 1.69 bits per heavy atom. The first-order valence-corrected chi connectivity index (χ1v) is 10.8. The van der Waals surface area contributed by atoms with Gasteiger partial charge in [0.25, 0.3) is 0 Å². The van der Waals surface area contributed by atoms with Gasteiger partial charge in [-0.15, -0.1) is 0 Å². The molecule has 1 atom stereocenters. The second-order valence-corrected chi connectivity index (χ2v) is 9.58. The van der Waals surface area contributed by atoms with Gasteiger partial charge in [-0.2, -0.15) is 0 Å². The number of fused-ring (bicyclic) bond motifs is 1. The Hall–Kier alpha value is -1.75. The quantitative estimate of drug-likeness (QED) is 0.724. The van der Waals surface area contributed by atoms with Gasteiger partial charge in [-0.3, -0.25) is 4.90 Å². The Balaban J connectivity index is 1.45. The topological polar surface area (TPSA) is 58.7 Å². The first kappa shape index (κ1) is 20.5. The summed E-state index contributed by atoms with van der Waals surface area (Å²) in [6.45, 7) is 11.0. The molecular weight excluding hydrogens is 384 g/mol. The number of hydrogen-bond acceptors (Lipinski definition) is 4. The van der Waals surface area contributed by atoms with E-state index in [4.69, 9.17) is 22.1 Å². The summed E-state index contributed by atoms with van der Waals surface area (Å²) in [5.41, 5.74) is 11.8. The molecule has 0 aromatic heterocycles. The fourth-order valence-corrected chi connectivity index (χ4v) is 5.04. The molecule has 156 valence electrons. The zero-order valence-corrected chi connectivity index (χ0v) is 18.6. The Labute approximate surface area is 178 Å². The summed E-state index contributed by atoms with van der Waals surface area (Å²) < 4.78 is 6.52. The summed E-state index contributed by atoms with van der Waals surface area (Å²) in [7, 11) is 0. The molecule has 2 aromatic rings. The van der Waals surface area contributed by atoms with Gasteiger partial charge in [-0.25, -0.2) is 0 Å². The Bertz CT molecular complexity index is 894. The molecule has 3 N–H and O–H groups in total. The van der Waals surface area contributed by atoms with Gasteiger partial charge in [0, 0.05) is 42.3 Å². The van der Waals surface area contributed by atoms with Gasteiger partial charge < -0.3 is 15.6 Å². The SMILES string of the molecule is Cc1c(C)c2c(c(C)c1N)CC(C)(CN1CCC(O)(c3ccc(Cl)cc3)CC1)O2. The molecule has 0 spiro atoms. The highest BCUT2D eigenvalue weighted by Crippen LogP contribution is 2.44. The maximum Gasteiger partial charge on any atom is 0.127 e. The summed E-state index contributed by atoms with van der Waals surface area (Å²) in [6, 6.07) is 7.58. The van der Waals surface area contributed by atoms with E-state index >= 15 is 0 Å². The molecule has 2 aromatic carbocycles. The van der Waals surface area contributed by atoms with E-state index < -0.39 is 5.60 Å². The van der Waals surface area contributed by atoms with Gasteiger partial charge >= 0.3 is 0 Å². The third-order valence-corrected chi connectivity index (χ3v) is 7.21. The van der Waals surface area contributed by atoms with Crippen LogP contribution in [0.3, 0.4) is 0 Å². The van der Waals surface area contributed by atoms with Gasteiger partial charge in [0.2, 0.25) is 0 Å². The number of nitrogen functional groups attached to an aromatic ring is 1. The monoisotopic (exact) mass is 414 g/mol. The molecule has 4 rings (SSSR count). The molecule has 2 aliphatic heterocycles. The van der Waals surface area contributed by atoms with Crippen LogP contribution >= 0.6 is 11.6 Å². The molecular formula is C24H31ClN2O2. The highest BCUT2D eigenvalue weighted by molar-refractivity contribution is 6.30. The molecule has 0 amide bonds. The Morgan fingerprint density at radius 1 is 1.07 bits per heavy atom. The summed E-state index contributed by atoms with van der Waals surface area (Å²) in [5.74, 6) is 1.02. The molecule has 0 aliphatic carbocycles. The normalized spacial score (nSPS) is 23.7. The van der Waals surface area contributed by atoms with Crippen LogP contribution in [0.4, 0.5) is 5.69 Å². The average Bonchev–Trinajstić information content (AvgIpc) is 3.05. The third kappa shape index (κ3) is 3.63. The Kier molecular flexibility index (Phi) is 5.09. The van der Waals surface area contributed by atoms with Crippen molar-refractivity contribution < 1.29 is 9.84 Å².